The van der Waals surface area contributed by atoms with E-state index < -0.39 is 6.04 Å². The second-order valence-corrected chi connectivity index (χ2v) is 7.54. The van der Waals surface area contributed by atoms with Crippen LogP contribution in [0.3, 0.4) is 0 Å². The number of carbonyl (C=O) groups excluding carboxylic acids is 2. The fourth-order valence-electron chi connectivity index (χ4n) is 3.43. The van der Waals surface area contributed by atoms with Gasteiger partial charge in [0.1, 0.15) is 11.8 Å². The van der Waals surface area contributed by atoms with E-state index in [1.807, 2.05) is 62.4 Å². The van der Waals surface area contributed by atoms with Crippen molar-refractivity contribution >= 4 is 11.8 Å². The highest BCUT2D eigenvalue weighted by Crippen LogP contribution is 2.18. The molecule has 0 aliphatic heterocycles. The number of rotatable bonds is 11. The molecular weight excluding hydrogens is 376 g/mol. The minimum Gasteiger partial charge on any atom is -0.497 e. The molecule has 0 spiro atoms. The Hall–Kier alpha value is -2.82. The smallest absolute Gasteiger partial charge is 0.242 e. The van der Waals surface area contributed by atoms with E-state index in [1.165, 1.54) is 0 Å². The van der Waals surface area contributed by atoms with E-state index in [9.17, 15) is 9.59 Å². The summed E-state index contributed by atoms with van der Waals surface area (Å²) in [6.45, 7) is 7.06. The molecule has 2 aromatic rings. The lowest BCUT2D eigenvalue weighted by Crippen LogP contribution is -2.49. The van der Waals surface area contributed by atoms with Gasteiger partial charge in [0.2, 0.25) is 11.8 Å². The van der Waals surface area contributed by atoms with Gasteiger partial charge in [-0.05, 0) is 48.6 Å². The van der Waals surface area contributed by atoms with Crippen molar-refractivity contribution in [2.45, 2.75) is 59.0 Å². The molecule has 2 amide bonds. The molecule has 0 saturated heterocycles. The molecule has 5 nitrogen and oxygen atoms in total. The summed E-state index contributed by atoms with van der Waals surface area (Å²) in [5.74, 6) is 0.635. The summed E-state index contributed by atoms with van der Waals surface area (Å²) < 4.78 is 5.23. The Morgan fingerprint density at radius 1 is 1.07 bits per heavy atom. The number of amides is 2. The molecular formula is C25H34N2O3. The van der Waals surface area contributed by atoms with E-state index in [4.69, 9.17) is 4.74 Å². The van der Waals surface area contributed by atoms with E-state index in [1.54, 1.807) is 12.0 Å². The Balaban J connectivity index is 2.25. The fourth-order valence-corrected chi connectivity index (χ4v) is 3.43. The molecule has 0 heterocycles. The Morgan fingerprint density at radius 2 is 1.77 bits per heavy atom. The van der Waals surface area contributed by atoms with E-state index in [0.717, 1.165) is 35.3 Å². The second kappa shape index (κ2) is 12.0. The van der Waals surface area contributed by atoms with E-state index in [-0.39, 0.29) is 18.2 Å². The molecule has 1 atom stereocenters. The third-order valence-electron chi connectivity index (χ3n) is 5.33. The molecule has 0 aliphatic rings. The van der Waals surface area contributed by atoms with Crippen molar-refractivity contribution in [2.75, 3.05) is 13.7 Å². The molecule has 0 aromatic heterocycles. The zero-order valence-corrected chi connectivity index (χ0v) is 18.6. The molecule has 2 aromatic carbocycles. The van der Waals surface area contributed by atoms with Crippen molar-refractivity contribution < 1.29 is 14.3 Å². The largest absolute Gasteiger partial charge is 0.497 e. The number of benzene rings is 2. The lowest BCUT2D eigenvalue weighted by molar-refractivity contribution is -0.140. The van der Waals surface area contributed by atoms with Crippen molar-refractivity contribution in [3.8, 4) is 5.75 Å². The van der Waals surface area contributed by atoms with Crippen LogP contribution in [-0.4, -0.2) is 36.4 Å². The summed E-state index contributed by atoms with van der Waals surface area (Å²) >= 11 is 0. The molecule has 0 bridgehead atoms. The van der Waals surface area contributed by atoms with Gasteiger partial charge in [-0.3, -0.25) is 9.59 Å². The third-order valence-corrected chi connectivity index (χ3v) is 5.33. The van der Waals surface area contributed by atoms with Gasteiger partial charge in [-0.2, -0.15) is 0 Å². The van der Waals surface area contributed by atoms with Crippen molar-refractivity contribution in [2.24, 2.45) is 0 Å². The second-order valence-electron chi connectivity index (χ2n) is 7.54. The van der Waals surface area contributed by atoms with Crippen molar-refractivity contribution in [3.05, 3.63) is 65.2 Å². The highest BCUT2D eigenvalue weighted by molar-refractivity contribution is 5.88. The van der Waals surface area contributed by atoms with Crippen LogP contribution in [0, 0.1) is 6.92 Å². The lowest BCUT2D eigenvalue weighted by Gasteiger charge is -2.31. The highest BCUT2D eigenvalue weighted by atomic mass is 16.5. The first-order valence-electron chi connectivity index (χ1n) is 10.7. The summed E-state index contributed by atoms with van der Waals surface area (Å²) in [6, 6.07) is 15.0. The first kappa shape index (κ1) is 23.5. The number of ether oxygens (including phenoxy) is 1. The lowest BCUT2D eigenvalue weighted by atomic mass is 10.0. The first-order chi connectivity index (χ1) is 14.5. The van der Waals surface area contributed by atoms with Gasteiger partial charge in [0.05, 0.1) is 13.5 Å². The van der Waals surface area contributed by atoms with Gasteiger partial charge in [-0.1, -0.05) is 56.7 Å². The minimum absolute atomic E-state index is 0.0439. The number of aryl methyl sites for hydroxylation is 1. The molecule has 5 heteroatoms. The molecule has 1 N–H and O–H groups in total. The molecule has 162 valence electrons. The minimum atomic E-state index is -0.500. The molecule has 0 saturated carbocycles. The van der Waals surface area contributed by atoms with Crippen LogP contribution in [-0.2, 0) is 22.6 Å². The molecule has 2 rings (SSSR count). The number of hydrogen-bond donors (Lipinski definition) is 1. The van der Waals surface area contributed by atoms with Crippen LogP contribution in [0.2, 0.25) is 0 Å². The van der Waals surface area contributed by atoms with Gasteiger partial charge in [0, 0.05) is 13.1 Å². The van der Waals surface area contributed by atoms with Crippen molar-refractivity contribution in [1.29, 1.82) is 0 Å². The standard InChI is InChI=1S/C25H34N2O3/c1-5-7-16-26-25(29)23(6-2)27(18-20-12-14-22(30-4)15-13-20)24(28)17-21-11-9-8-10-19(21)3/h8-15,23H,5-7,16-18H2,1-4H3,(H,26,29). The van der Waals surface area contributed by atoms with Gasteiger partial charge < -0.3 is 15.0 Å². The topological polar surface area (TPSA) is 58.6 Å². The van der Waals surface area contributed by atoms with E-state index >= 15 is 0 Å². The van der Waals surface area contributed by atoms with Gasteiger partial charge in [0.15, 0.2) is 0 Å². The monoisotopic (exact) mass is 410 g/mol. The molecule has 1 unspecified atom stereocenters. The zero-order chi connectivity index (χ0) is 21.9. The number of unbranched alkanes of at least 4 members (excludes halogenated alkanes) is 1. The number of nitrogens with one attached hydrogen (secondary N) is 1. The van der Waals surface area contributed by atoms with Crippen LogP contribution in [0.5, 0.6) is 5.75 Å². The number of carbonyl (C=O) groups is 2. The normalized spacial score (nSPS) is 11.6. The maximum absolute atomic E-state index is 13.3. The summed E-state index contributed by atoms with van der Waals surface area (Å²) in [7, 11) is 1.63. The number of hydrogen-bond acceptors (Lipinski definition) is 3. The Kier molecular flexibility index (Phi) is 9.39. The summed E-state index contributed by atoms with van der Waals surface area (Å²) in [5, 5.41) is 3.00. The van der Waals surface area contributed by atoms with Gasteiger partial charge in [0.25, 0.3) is 0 Å². The Bertz CT molecular complexity index is 817. The molecule has 30 heavy (non-hydrogen) atoms. The van der Waals surface area contributed by atoms with Crippen molar-refractivity contribution in [3.63, 3.8) is 0 Å². The summed E-state index contributed by atoms with van der Waals surface area (Å²) in [6.07, 6.45) is 2.78. The number of methoxy groups -OCH3 is 1. The van der Waals surface area contributed by atoms with Crippen LogP contribution in [0.15, 0.2) is 48.5 Å². The first-order valence-corrected chi connectivity index (χ1v) is 10.7. The van der Waals surface area contributed by atoms with Crippen LogP contribution in [0.1, 0.15) is 49.8 Å². The molecule has 0 radical (unpaired) electrons. The average molecular weight is 411 g/mol. The van der Waals surface area contributed by atoms with E-state index in [2.05, 4.69) is 12.2 Å². The van der Waals surface area contributed by atoms with E-state index in [0.29, 0.717) is 19.5 Å². The third kappa shape index (κ3) is 6.61. The average Bonchev–Trinajstić information content (AvgIpc) is 2.75. The van der Waals surface area contributed by atoms with Gasteiger partial charge in [-0.25, -0.2) is 0 Å². The Labute approximate surface area is 180 Å². The maximum Gasteiger partial charge on any atom is 0.242 e. The van der Waals surface area contributed by atoms with Crippen LogP contribution < -0.4 is 10.1 Å². The predicted octanol–water partition coefficient (Wildman–Crippen LogP) is 4.27. The van der Waals surface area contributed by atoms with Gasteiger partial charge >= 0.3 is 0 Å². The predicted molar refractivity (Wildman–Crippen MR) is 120 cm³/mol. The Morgan fingerprint density at radius 3 is 2.37 bits per heavy atom. The quantitative estimate of drug-likeness (QED) is 0.563. The molecule has 0 aliphatic carbocycles. The SMILES string of the molecule is CCCCNC(=O)C(CC)N(Cc1ccc(OC)cc1)C(=O)Cc1ccccc1C. The highest BCUT2D eigenvalue weighted by Gasteiger charge is 2.28. The fraction of sp³-hybridized carbons (Fsp3) is 0.440. The maximum atomic E-state index is 13.3. The van der Waals surface area contributed by atoms with Crippen LogP contribution in [0.25, 0.3) is 0 Å². The summed E-state index contributed by atoms with van der Waals surface area (Å²) in [5.41, 5.74) is 3.04. The van der Waals surface area contributed by atoms with Crippen LogP contribution >= 0.6 is 0 Å². The zero-order valence-electron chi connectivity index (χ0n) is 18.6. The molecule has 0 fully saturated rings. The van der Waals surface area contributed by atoms with Crippen LogP contribution in [0.4, 0.5) is 0 Å². The van der Waals surface area contributed by atoms with Gasteiger partial charge in [-0.15, -0.1) is 0 Å². The van der Waals surface area contributed by atoms with Crippen molar-refractivity contribution in [1.82, 2.24) is 10.2 Å². The number of nitrogens with zero attached hydrogens (tertiary/aromatic N) is 1. The summed E-state index contributed by atoms with van der Waals surface area (Å²) in [4.78, 5) is 27.9.